The third-order valence-corrected chi connectivity index (χ3v) is 13.3. The van der Waals surface area contributed by atoms with Gasteiger partial charge in [0, 0.05) is 19.3 Å². The number of carbonyl (C=O) groups excluding carboxylic acids is 3. The van der Waals surface area contributed by atoms with Crippen LogP contribution in [0.1, 0.15) is 297 Å². The molecule has 0 aromatic heterocycles. The van der Waals surface area contributed by atoms with Crippen molar-refractivity contribution in [3.05, 3.63) is 97.2 Å². The van der Waals surface area contributed by atoms with Crippen LogP contribution >= 0.6 is 0 Å². The van der Waals surface area contributed by atoms with Gasteiger partial charge in [0.15, 0.2) is 6.10 Å². The van der Waals surface area contributed by atoms with Crippen LogP contribution in [-0.2, 0) is 28.6 Å². The lowest BCUT2D eigenvalue weighted by Gasteiger charge is -2.18. The Morgan fingerprint density at radius 1 is 0.284 bits per heavy atom. The van der Waals surface area contributed by atoms with E-state index in [1.165, 1.54) is 167 Å². The molecule has 0 radical (unpaired) electrons. The van der Waals surface area contributed by atoms with Gasteiger partial charge in [0.25, 0.3) is 0 Å². The molecule has 0 aromatic carbocycles. The highest BCUT2D eigenvalue weighted by molar-refractivity contribution is 5.71. The normalized spacial score (nSPS) is 12.7. The molecule has 0 aliphatic heterocycles. The maximum Gasteiger partial charge on any atom is 0.306 e. The number of allylic oxidation sites excluding steroid dienone is 16. The van der Waals surface area contributed by atoms with E-state index in [0.717, 1.165) is 83.5 Å². The molecule has 0 saturated heterocycles. The Bertz CT molecular complexity index is 1460. The highest BCUT2D eigenvalue weighted by Crippen LogP contribution is 2.16. The van der Waals surface area contributed by atoms with Gasteiger partial charge in [-0.2, -0.15) is 0 Å². The molecule has 6 heteroatoms. The Balaban J connectivity index is 4.48. The lowest BCUT2D eigenvalue weighted by molar-refractivity contribution is -0.166. The van der Waals surface area contributed by atoms with E-state index >= 15 is 0 Å². The molecule has 0 bridgehead atoms. The van der Waals surface area contributed by atoms with E-state index in [9.17, 15) is 14.4 Å². The average molecular weight is 1030 g/mol. The van der Waals surface area contributed by atoms with Gasteiger partial charge in [-0.05, 0) is 89.9 Å². The predicted molar refractivity (Wildman–Crippen MR) is 320 cm³/mol. The Kier molecular flexibility index (Phi) is 58.8. The van der Waals surface area contributed by atoms with E-state index in [-0.39, 0.29) is 37.5 Å². The lowest BCUT2D eigenvalue weighted by Crippen LogP contribution is -2.30. The second-order valence-electron chi connectivity index (χ2n) is 20.6. The molecule has 0 rings (SSSR count). The number of unbranched alkanes of at least 4 members (excludes halogenated alkanes) is 29. The molecular formula is C68H116O6. The zero-order chi connectivity index (χ0) is 53.6. The first-order valence-corrected chi connectivity index (χ1v) is 31.2. The summed E-state index contributed by atoms with van der Waals surface area (Å²) >= 11 is 0. The summed E-state index contributed by atoms with van der Waals surface area (Å²) in [7, 11) is 0. The summed E-state index contributed by atoms with van der Waals surface area (Å²) in [5.41, 5.74) is 0. The largest absolute Gasteiger partial charge is 0.462 e. The fourth-order valence-electron chi connectivity index (χ4n) is 8.68. The van der Waals surface area contributed by atoms with Crippen molar-refractivity contribution in [1.82, 2.24) is 0 Å². The number of ether oxygens (including phenoxy) is 3. The molecule has 1 atom stereocenters. The van der Waals surface area contributed by atoms with Gasteiger partial charge in [-0.3, -0.25) is 14.4 Å². The van der Waals surface area contributed by atoms with Gasteiger partial charge in [-0.15, -0.1) is 0 Å². The first-order chi connectivity index (χ1) is 36.5. The van der Waals surface area contributed by atoms with Crippen molar-refractivity contribution in [2.45, 2.75) is 303 Å². The van der Waals surface area contributed by atoms with Gasteiger partial charge in [0.2, 0.25) is 0 Å². The van der Waals surface area contributed by atoms with Crippen LogP contribution in [0.15, 0.2) is 97.2 Å². The first kappa shape index (κ1) is 70.3. The maximum absolute atomic E-state index is 12.9. The average Bonchev–Trinajstić information content (AvgIpc) is 3.40. The monoisotopic (exact) mass is 1030 g/mol. The minimum atomic E-state index is -0.811. The molecule has 6 nitrogen and oxygen atoms in total. The maximum atomic E-state index is 12.9. The fourth-order valence-corrected chi connectivity index (χ4v) is 8.68. The number of hydrogen-bond donors (Lipinski definition) is 0. The summed E-state index contributed by atoms with van der Waals surface area (Å²) in [5, 5.41) is 0. The van der Waals surface area contributed by atoms with Crippen molar-refractivity contribution in [3.63, 3.8) is 0 Å². The van der Waals surface area contributed by atoms with Crippen LogP contribution in [0.2, 0.25) is 0 Å². The second kappa shape index (κ2) is 61.9. The summed E-state index contributed by atoms with van der Waals surface area (Å²) in [5.74, 6) is -0.982. The van der Waals surface area contributed by atoms with Crippen LogP contribution in [0.25, 0.3) is 0 Å². The van der Waals surface area contributed by atoms with E-state index in [1.807, 2.05) is 6.08 Å². The molecule has 0 aliphatic carbocycles. The van der Waals surface area contributed by atoms with Crippen LogP contribution in [0.3, 0.4) is 0 Å². The van der Waals surface area contributed by atoms with Crippen LogP contribution < -0.4 is 0 Å². The summed E-state index contributed by atoms with van der Waals surface area (Å²) in [6.07, 6.45) is 82.7. The van der Waals surface area contributed by atoms with Crippen LogP contribution in [0.5, 0.6) is 0 Å². The Morgan fingerprint density at radius 3 is 0.932 bits per heavy atom. The molecule has 0 spiro atoms. The summed E-state index contributed by atoms with van der Waals surface area (Å²) in [6, 6.07) is 0. The molecule has 0 aromatic rings. The summed E-state index contributed by atoms with van der Waals surface area (Å²) in [6.45, 7) is 6.47. The van der Waals surface area contributed by atoms with E-state index in [0.29, 0.717) is 19.3 Å². The van der Waals surface area contributed by atoms with E-state index in [1.54, 1.807) is 0 Å². The molecule has 0 heterocycles. The second-order valence-corrected chi connectivity index (χ2v) is 20.6. The summed E-state index contributed by atoms with van der Waals surface area (Å²) in [4.78, 5) is 38.3. The van der Waals surface area contributed by atoms with Gasteiger partial charge >= 0.3 is 17.9 Å². The fraction of sp³-hybridized carbons (Fsp3) is 0.721. The molecule has 0 N–H and O–H groups in total. The van der Waals surface area contributed by atoms with Gasteiger partial charge in [-0.25, -0.2) is 0 Å². The molecule has 0 saturated carbocycles. The number of hydrogen-bond acceptors (Lipinski definition) is 6. The van der Waals surface area contributed by atoms with Crippen LogP contribution in [0.4, 0.5) is 0 Å². The molecule has 0 aliphatic rings. The predicted octanol–water partition coefficient (Wildman–Crippen LogP) is 21.3. The highest BCUT2D eigenvalue weighted by Gasteiger charge is 2.19. The molecular weight excluding hydrogens is 913 g/mol. The minimum absolute atomic E-state index is 0.100. The van der Waals surface area contributed by atoms with Gasteiger partial charge in [0.1, 0.15) is 13.2 Å². The smallest absolute Gasteiger partial charge is 0.306 e. The standard InChI is InChI=1S/C68H116O6/c1-4-7-10-13-16-19-22-25-28-31-34-37-40-43-46-49-52-55-58-61-67(70)73-64-65(63-72-66(69)60-57-54-51-48-45-42-39-36-33-30-27-24-21-18-15-12-9-6-3)74-68(71)62-59-56-53-50-47-44-41-38-35-32-29-26-23-20-17-14-11-8-5-2/h7,10,16-17,19-20,25-26,28-29,34,37,43,46,52,55,65H,4-6,8-9,11-15,18,21-24,27,30-33,35-36,38-42,44-45,47-51,53-54,56-64H2,1-3H3/b10-7+,19-16+,20-17+,28-25+,29-26+,37-34+,46-43+,55-52+/t65-/m1/s1. The third-order valence-electron chi connectivity index (χ3n) is 13.3. The van der Waals surface area contributed by atoms with Crippen LogP contribution in [0, 0.1) is 0 Å². The quantitative estimate of drug-likeness (QED) is 0.0261. The van der Waals surface area contributed by atoms with Gasteiger partial charge < -0.3 is 14.2 Å². The zero-order valence-electron chi connectivity index (χ0n) is 48.6. The van der Waals surface area contributed by atoms with Crippen molar-refractivity contribution in [3.8, 4) is 0 Å². The van der Waals surface area contributed by atoms with Crippen molar-refractivity contribution in [2.75, 3.05) is 13.2 Å². The molecule has 0 amide bonds. The minimum Gasteiger partial charge on any atom is -0.462 e. The molecule has 0 unspecified atom stereocenters. The van der Waals surface area contributed by atoms with Crippen LogP contribution in [-0.4, -0.2) is 37.2 Å². The van der Waals surface area contributed by atoms with Crippen molar-refractivity contribution >= 4 is 17.9 Å². The van der Waals surface area contributed by atoms with Crippen molar-refractivity contribution in [1.29, 1.82) is 0 Å². The lowest BCUT2D eigenvalue weighted by atomic mass is 10.0. The Hall–Kier alpha value is -3.67. The van der Waals surface area contributed by atoms with E-state index in [4.69, 9.17) is 14.2 Å². The SMILES string of the molecule is CC/C=C/C/C=C/C/C=C/C/C=C/C/C=C/C/C=C/CCC(=O)OC[C@@H](COC(=O)CCCCCCCCCCCCCCCCCCCC)OC(=O)CCCCCCCCCCC/C=C/C/C=C/CCCCC. The van der Waals surface area contributed by atoms with Gasteiger partial charge in [0.05, 0.1) is 0 Å². The summed E-state index contributed by atoms with van der Waals surface area (Å²) < 4.78 is 16.9. The Labute approximate surface area is 457 Å². The third kappa shape index (κ3) is 59.2. The number of carbonyl (C=O) groups is 3. The first-order valence-electron chi connectivity index (χ1n) is 31.2. The molecule has 0 fully saturated rings. The number of rotatable bonds is 56. The van der Waals surface area contributed by atoms with E-state index < -0.39 is 6.10 Å². The Morgan fingerprint density at radius 2 is 0.554 bits per heavy atom. The van der Waals surface area contributed by atoms with Crippen molar-refractivity contribution in [2.24, 2.45) is 0 Å². The molecule has 74 heavy (non-hydrogen) atoms. The van der Waals surface area contributed by atoms with Crippen molar-refractivity contribution < 1.29 is 28.6 Å². The van der Waals surface area contributed by atoms with E-state index in [2.05, 4.69) is 112 Å². The van der Waals surface area contributed by atoms with Gasteiger partial charge in [-0.1, -0.05) is 285 Å². The number of esters is 3. The topological polar surface area (TPSA) is 78.9 Å². The zero-order valence-corrected chi connectivity index (χ0v) is 48.6. The highest BCUT2D eigenvalue weighted by atomic mass is 16.6. The molecule has 424 valence electrons.